The van der Waals surface area contributed by atoms with Gasteiger partial charge in [-0.2, -0.15) is 18.2 Å². The lowest BCUT2D eigenvalue weighted by Crippen LogP contribution is -2.27. The van der Waals surface area contributed by atoms with Crippen molar-refractivity contribution in [1.82, 2.24) is 30.0 Å². The van der Waals surface area contributed by atoms with Crippen molar-refractivity contribution in [2.45, 2.75) is 12.7 Å². The van der Waals surface area contributed by atoms with Gasteiger partial charge in [-0.1, -0.05) is 5.16 Å². The molecule has 4 rings (SSSR count). The molecule has 3 heterocycles. The lowest BCUT2D eigenvalue weighted by atomic mass is 10.2. The largest absolute Gasteiger partial charge is 0.471 e. The number of rotatable bonds is 5. The van der Waals surface area contributed by atoms with Crippen LogP contribution in [0.3, 0.4) is 0 Å². The topological polar surface area (TPSA) is 98.7 Å². The number of carbonyl (C=O) groups excluding carboxylic acids is 1. The fourth-order valence-corrected chi connectivity index (χ4v) is 3.07. The summed E-state index contributed by atoms with van der Waals surface area (Å²) in [5, 5.41) is 7.78. The molecule has 0 aliphatic heterocycles. The molecule has 0 spiro atoms. The normalized spacial score (nSPS) is 11.8. The zero-order valence-electron chi connectivity index (χ0n) is 14.0. The minimum absolute atomic E-state index is 0.168. The summed E-state index contributed by atoms with van der Waals surface area (Å²) in [4.78, 5) is 23.5. The van der Waals surface area contributed by atoms with E-state index in [9.17, 15) is 18.0 Å². The van der Waals surface area contributed by atoms with E-state index in [4.69, 9.17) is 0 Å². The van der Waals surface area contributed by atoms with Crippen molar-refractivity contribution in [2.75, 3.05) is 6.54 Å². The molecule has 1 amide bonds. The molecule has 0 aliphatic carbocycles. The van der Waals surface area contributed by atoms with Gasteiger partial charge in [-0.25, -0.2) is 9.97 Å². The number of carbonyl (C=O) groups is 1. The molecule has 0 bridgehead atoms. The van der Waals surface area contributed by atoms with Crippen LogP contribution in [0.25, 0.3) is 22.4 Å². The first-order valence-electron chi connectivity index (χ1n) is 7.94. The molecule has 0 fully saturated rings. The Labute approximate surface area is 159 Å². The molecule has 4 aromatic rings. The molecule has 0 aliphatic rings. The van der Waals surface area contributed by atoms with Crippen LogP contribution in [0.15, 0.2) is 39.9 Å². The summed E-state index contributed by atoms with van der Waals surface area (Å²) in [6, 6.07) is 4.84. The Bertz CT molecular complexity index is 1120. The van der Waals surface area contributed by atoms with E-state index in [-0.39, 0.29) is 11.7 Å². The number of thiazole rings is 1. The minimum atomic E-state index is -4.70. The molecule has 8 nitrogen and oxygen atoms in total. The predicted octanol–water partition coefficient (Wildman–Crippen LogP) is 2.99. The van der Waals surface area contributed by atoms with E-state index >= 15 is 0 Å². The number of halogens is 3. The molecule has 1 N–H and O–H groups in total. The van der Waals surface area contributed by atoms with Gasteiger partial charge in [-0.05, 0) is 18.2 Å². The Morgan fingerprint density at radius 3 is 2.86 bits per heavy atom. The van der Waals surface area contributed by atoms with E-state index in [2.05, 4.69) is 29.9 Å². The molecule has 28 heavy (non-hydrogen) atoms. The highest BCUT2D eigenvalue weighted by Gasteiger charge is 2.38. The number of hydrogen-bond acceptors (Lipinski definition) is 7. The standard InChI is InChI=1S/C16H11F3N6O2S/c17-16(18,19)15-23-13(24-27-15)9-1-2-10-12(5-9)25(7-21-10)4-3-20-14(26)11-6-28-8-22-11/h1-2,5-8H,3-4H2,(H,20,26). The first-order valence-corrected chi connectivity index (χ1v) is 8.88. The van der Waals surface area contributed by atoms with Crippen LogP contribution >= 0.6 is 11.3 Å². The van der Waals surface area contributed by atoms with E-state index in [1.807, 2.05) is 0 Å². The first kappa shape index (κ1) is 18.1. The monoisotopic (exact) mass is 408 g/mol. The SMILES string of the molecule is O=C(NCCn1cnc2ccc(-c3noc(C(F)(F)F)n3)cc21)c1cscn1. The number of benzene rings is 1. The van der Waals surface area contributed by atoms with Gasteiger partial charge in [-0.15, -0.1) is 11.3 Å². The van der Waals surface area contributed by atoms with Gasteiger partial charge >= 0.3 is 12.1 Å². The van der Waals surface area contributed by atoms with Crippen LogP contribution in [0.4, 0.5) is 13.2 Å². The average molecular weight is 408 g/mol. The Morgan fingerprint density at radius 1 is 1.29 bits per heavy atom. The van der Waals surface area contributed by atoms with Gasteiger partial charge in [0, 0.05) is 24.0 Å². The third-order valence-corrected chi connectivity index (χ3v) is 4.44. The molecular formula is C16H11F3N6O2S. The Hall–Kier alpha value is -3.28. The number of amides is 1. The summed E-state index contributed by atoms with van der Waals surface area (Å²) < 4.78 is 44.0. The smallest absolute Gasteiger partial charge is 0.349 e. The summed E-state index contributed by atoms with van der Waals surface area (Å²) in [7, 11) is 0. The van der Waals surface area contributed by atoms with E-state index < -0.39 is 12.1 Å². The second kappa shape index (κ2) is 7.03. The molecule has 12 heteroatoms. The van der Waals surface area contributed by atoms with Crippen molar-refractivity contribution < 1.29 is 22.5 Å². The van der Waals surface area contributed by atoms with Gasteiger partial charge in [0.2, 0.25) is 5.82 Å². The summed E-state index contributed by atoms with van der Waals surface area (Å²) >= 11 is 1.33. The van der Waals surface area contributed by atoms with Gasteiger partial charge in [-0.3, -0.25) is 4.79 Å². The van der Waals surface area contributed by atoms with E-state index in [0.717, 1.165) is 0 Å². The number of alkyl halides is 3. The second-order valence-electron chi connectivity index (χ2n) is 5.69. The highest BCUT2D eigenvalue weighted by molar-refractivity contribution is 7.07. The zero-order chi connectivity index (χ0) is 19.7. The highest BCUT2D eigenvalue weighted by atomic mass is 32.1. The van der Waals surface area contributed by atoms with Crippen molar-refractivity contribution in [2.24, 2.45) is 0 Å². The fraction of sp³-hybridized carbons (Fsp3) is 0.188. The van der Waals surface area contributed by atoms with E-state index in [0.29, 0.717) is 35.4 Å². The lowest BCUT2D eigenvalue weighted by Gasteiger charge is -2.06. The Balaban J connectivity index is 1.51. The average Bonchev–Trinajstić information content (AvgIpc) is 3.41. The lowest BCUT2D eigenvalue weighted by molar-refractivity contribution is -0.159. The minimum Gasteiger partial charge on any atom is -0.349 e. The summed E-state index contributed by atoms with van der Waals surface area (Å²) in [5.74, 6) is -1.85. The van der Waals surface area contributed by atoms with Crippen molar-refractivity contribution in [3.8, 4) is 11.4 Å². The first-order chi connectivity index (χ1) is 13.4. The van der Waals surface area contributed by atoms with Crippen LogP contribution in [0.1, 0.15) is 16.4 Å². The molecule has 3 aromatic heterocycles. The molecule has 0 saturated heterocycles. The van der Waals surface area contributed by atoms with Crippen LogP contribution < -0.4 is 5.32 Å². The van der Waals surface area contributed by atoms with Gasteiger partial charge in [0.05, 0.1) is 22.9 Å². The van der Waals surface area contributed by atoms with Crippen molar-refractivity contribution >= 4 is 28.3 Å². The van der Waals surface area contributed by atoms with Crippen molar-refractivity contribution in [3.05, 3.63) is 47.0 Å². The van der Waals surface area contributed by atoms with Gasteiger partial charge in [0.25, 0.3) is 5.91 Å². The fourth-order valence-electron chi connectivity index (χ4n) is 2.54. The summed E-state index contributed by atoms with van der Waals surface area (Å²) in [6.45, 7) is 0.738. The molecule has 144 valence electrons. The number of hydrogen-bond donors (Lipinski definition) is 1. The van der Waals surface area contributed by atoms with Crippen LogP contribution in [0.5, 0.6) is 0 Å². The predicted molar refractivity (Wildman–Crippen MR) is 92.5 cm³/mol. The number of aromatic nitrogens is 5. The van der Waals surface area contributed by atoms with Crippen LogP contribution in [0.2, 0.25) is 0 Å². The molecule has 0 saturated carbocycles. The highest BCUT2D eigenvalue weighted by Crippen LogP contribution is 2.30. The molecular weight excluding hydrogens is 397 g/mol. The second-order valence-corrected chi connectivity index (χ2v) is 6.41. The summed E-state index contributed by atoms with van der Waals surface area (Å²) in [6.07, 6.45) is -3.12. The van der Waals surface area contributed by atoms with Crippen LogP contribution in [0, 0.1) is 0 Å². The maximum atomic E-state index is 12.6. The third kappa shape index (κ3) is 3.58. The Kier molecular flexibility index (Phi) is 4.55. The molecule has 0 radical (unpaired) electrons. The van der Waals surface area contributed by atoms with Gasteiger partial charge in [0.1, 0.15) is 5.69 Å². The third-order valence-electron chi connectivity index (χ3n) is 3.85. The Morgan fingerprint density at radius 2 is 2.14 bits per heavy atom. The molecule has 1 aromatic carbocycles. The molecule has 0 unspecified atom stereocenters. The van der Waals surface area contributed by atoms with Crippen LogP contribution in [-0.2, 0) is 12.7 Å². The molecule has 0 atom stereocenters. The van der Waals surface area contributed by atoms with Crippen molar-refractivity contribution in [3.63, 3.8) is 0 Å². The van der Waals surface area contributed by atoms with Crippen LogP contribution in [-0.4, -0.2) is 37.1 Å². The van der Waals surface area contributed by atoms with Crippen molar-refractivity contribution in [1.29, 1.82) is 0 Å². The zero-order valence-corrected chi connectivity index (χ0v) is 14.8. The van der Waals surface area contributed by atoms with E-state index in [1.54, 1.807) is 40.0 Å². The van der Waals surface area contributed by atoms with E-state index in [1.165, 1.54) is 11.3 Å². The number of imidazole rings is 1. The quantitative estimate of drug-likeness (QED) is 0.545. The van der Waals surface area contributed by atoms with Gasteiger partial charge < -0.3 is 14.4 Å². The maximum Gasteiger partial charge on any atom is 0.471 e. The summed E-state index contributed by atoms with van der Waals surface area (Å²) in [5.41, 5.74) is 3.59. The maximum absolute atomic E-state index is 12.6. The number of nitrogens with one attached hydrogen (secondary N) is 1. The van der Waals surface area contributed by atoms with Gasteiger partial charge in [0.15, 0.2) is 0 Å². The number of nitrogens with zero attached hydrogens (tertiary/aromatic N) is 5. The number of fused-ring (bicyclic) bond motifs is 1.